The van der Waals surface area contributed by atoms with Crippen LogP contribution in [0.4, 0.5) is 0 Å². The molecule has 2 aromatic rings. The van der Waals surface area contributed by atoms with Gasteiger partial charge in [-0.3, -0.25) is 19.2 Å². The lowest BCUT2D eigenvalue weighted by Gasteiger charge is -2.31. The van der Waals surface area contributed by atoms with E-state index in [2.05, 4.69) is 24.3 Å². The molecule has 34 heavy (non-hydrogen) atoms. The highest BCUT2D eigenvalue weighted by Gasteiger charge is 2.55. The van der Waals surface area contributed by atoms with E-state index in [0.29, 0.717) is 45.9 Å². The quantitative estimate of drug-likeness (QED) is 0.532. The highest BCUT2D eigenvalue weighted by atomic mass is 16.1. The number of ketones is 4. The maximum absolute atomic E-state index is 12.4. The van der Waals surface area contributed by atoms with E-state index >= 15 is 0 Å². The number of carbonyl (C=O) groups excluding carboxylic acids is 4. The summed E-state index contributed by atoms with van der Waals surface area (Å²) in [5.41, 5.74) is 2.55. The Balaban J connectivity index is 0.000000118. The molecule has 0 spiro atoms. The van der Waals surface area contributed by atoms with E-state index in [1.165, 1.54) is 0 Å². The van der Waals surface area contributed by atoms with E-state index in [1.807, 2.05) is 24.3 Å². The number of hydrogen-bond acceptors (Lipinski definition) is 4. The van der Waals surface area contributed by atoms with Crippen molar-refractivity contribution in [1.82, 2.24) is 0 Å². The van der Waals surface area contributed by atoms with Gasteiger partial charge in [0, 0.05) is 45.9 Å². The lowest BCUT2D eigenvalue weighted by Crippen LogP contribution is -2.38. The summed E-state index contributed by atoms with van der Waals surface area (Å²) in [6, 6.07) is 14.5. The second-order valence-electron chi connectivity index (χ2n) is 10.5. The average Bonchev–Trinajstić information content (AvgIpc) is 3.67. The van der Waals surface area contributed by atoms with Crippen LogP contribution >= 0.6 is 0 Å². The largest absolute Gasteiger partial charge is 0.294 e. The van der Waals surface area contributed by atoms with Gasteiger partial charge >= 0.3 is 0 Å². The molecule has 0 saturated heterocycles. The van der Waals surface area contributed by atoms with Crippen LogP contribution in [0.2, 0.25) is 0 Å². The highest BCUT2D eigenvalue weighted by molar-refractivity contribution is 6.17. The third-order valence-corrected chi connectivity index (χ3v) is 9.05. The van der Waals surface area contributed by atoms with Gasteiger partial charge in [0.1, 0.15) is 0 Å². The smallest absolute Gasteiger partial charge is 0.168 e. The number of fused-ring (bicyclic) bond motifs is 12. The van der Waals surface area contributed by atoms with Crippen molar-refractivity contribution < 1.29 is 19.2 Å². The Morgan fingerprint density at radius 2 is 0.647 bits per heavy atom. The Morgan fingerprint density at radius 3 is 0.882 bits per heavy atom. The van der Waals surface area contributed by atoms with Crippen LogP contribution in [0.1, 0.15) is 54.3 Å². The van der Waals surface area contributed by atoms with Gasteiger partial charge in [-0.05, 0) is 36.5 Å². The molecule has 0 aliphatic heterocycles. The summed E-state index contributed by atoms with van der Waals surface area (Å²) >= 11 is 0. The highest BCUT2D eigenvalue weighted by Crippen LogP contribution is 2.53. The second-order valence-corrected chi connectivity index (χ2v) is 10.5. The average molecular weight is 449 g/mol. The molecule has 0 amide bonds. The van der Waals surface area contributed by atoms with Crippen LogP contribution in [0.5, 0.6) is 0 Å². The van der Waals surface area contributed by atoms with Gasteiger partial charge in [0.05, 0.1) is 0 Å². The minimum Gasteiger partial charge on any atom is -0.294 e. The maximum atomic E-state index is 12.4. The third-order valence-electron chi connectivity index (χ3n) is 9.05. The molecule has 0 aromatic heterocycles. The first-order valence-corrected chi connectivity index (χ1v) is 12.3. The minimum absolute atomic E-state index is 0.0765. The molecule has 0 unspecified atom stereocenters. The van der Waals surface area contributed by atoms with Gasteiger partial charge in [-0.1, -0.05) is 72.8 Å². The molecule has 2 aromatic carbocycles. The number of rotatable bonds is 0. The van der Waals surface area contributed by atoms with Crippen LogP contribution in [0.15, 0.2) is 72.8 Å². The molecule has 8 atom stereocenters. The Bertz CT molecular complexity index is 1150. The Hall–Kier alpha value is -3.40. The molecule has 2 saturated carbocycles. The SMILES string of the molecule is O=C1c2ccccc2C(=O)[C@H]2[C@@H]1[C@H]1C=C[C@@H]2C1.O=C1c2ccccc2C(=O)[C@H]2[C@@H]1[C@H]1C=C[C@@H]2C1. The van der Waals surface area contributed by atoms with Crippen molar-refractivity contribution in [2.24, 2.45) is 47.3 Å². The van der Waals surface area contributed by atoms with Crippen LogP contribution in [0.25, 0.3) is 0 Å². The number of benzene rings is 2. The summed E-state index contributed by atoms with van der Waals surface area (Å²) < 4.78 is 0. The molecule has 6 aliphatic carbocycles. The zero-order valence-corrected chi connectivity index (χ0v) is 18.6. The van der Waals surface area contributed by atoms with Gasteiger partial charge in [-0.2, -0.15) is 0 Å². The van der Waals surface area contributed by atoms with Gasteiger partial charge in [0.2, 0.25) is 0 Å². The molecule has 6 aliphatic rings. The monoisotopic (exact) mass is 448 g/mol. The van der Waals surface area contributed by atoms with E-state index in [-0.39, 0.29) is 46.8 Å². The van der Waals surface area contributed by atoms with Crippen molar-refractivity contribution in [3.8, 4) is 0 Å². The van der Waals surface area contributed by atoms with E-state index in [1.54, 1.807) is 24.3 Å². The summed E-state index contributed by atoms with van der Waals surface area (Å²) in [6.07, 6.45) is 10.5. The third kappa shape index (κ3) is 2.54. The first kappa shape index (κ1) is 20.0. The molecular weight excluding hydrogens is 424 g/mol. The van der Waals surface area contributed by atoms with Crippen molar-refractivity contribution >= 4 is 23.1 Å². The van der Waals surface area contributed by atoms with E-state index in [4.69, 9.17) is 0 Å². The van der Waals surface area contributed by atoms with Crippen LogP contribution < -0.4 is 0 Å². The molecule has 8 rings (SSSR count). The molecule has 0 N–H and O–H groups in total. The topological polar surface area (TPSA) is 68.3 Å². The lowest BCUT2D eigenvalue weighted by atomic mass is 9.69. The first-order valence-electron chi connectivity index (χ1n) is 12.3. The van der Waals surface area contributed by atoms with Crippen LogP contribution in [-0.4, -0.2) is 23.1 Å². The second kappa shape index (κ2) is 7.05. The Labute approximate surface area is 197 Å². The van der Waals surface area contributed by atoms with Gasteiger partial charge in [0.15, 0.2) is 23.1 Å². The summed E-state index contributed by atoms with van der Waals surface area (Å²) in [4.78, 5) is 49.8. The van der Waals surface area contributed by atoms with Gasteiger partial charge < -0.3 is 0 Å². The molecule has 0 radical (unpaired) electrons. The number of Topliss-reactive ketones (excluding diaryl/α,β-unsaturated/α-hetero) is 4. The zero-order valence-electron chi connectivity index (χ0n) is 18.6. The Morgan fingerprint density at radius 1 is 0.412 bits per heavy atom. The van der Waals surface area contributed by atoms with Gasteiger partial charge in [0.25, 0.3) is 0 Å². The molecule has 2 fully saturated rings. The van der Waals surface area contributed by atoms with E-state index in [0.717, 1.165) is 12.8 Å². The van der Waals surface area contributed by atoms with Crippen molar-refractivity contribution in [3.63, 3.8) is 0 Å². The van der Waals surface area contributed by atoms with Crippen molar-refractivity contribution in [2.75, 3.05) is 0 Å². The summed E-state index contributed by atoms with van der Waals surface area (Å²) in [5, 5.41) is 0. The molecule has 4 bridgehead atoms. The summed E-state index contributed by atoms with van der Waals surface area (Å²) in [7, 11) is 0. The minimum atomic E-state index is -0.0765. The van der Waals surface area contributed by atoms with Crippen molar-refractivity contribution in [2.45, 2.75) is 12.8 Å². The van der Waals surface area contributed by atoms with Crippen molar-refractivity contribution in [1.29, 1.82) is 0 Å². The van der Waals surface area contributed by atoms with Crippen LogP contribution in [-0.2, 0) is 0 Å². The molecule has 4 nitrogen and oxygen atoms in total. The fourth-order valence-electron chi connectivity index (χ4n) is 7.62. The number of hydrogen-bond donors (Lipinski definition) is 0. The molecular formula is C30H24O4. The normalized spacial score (nSPS) is 37.2. The predicted octanol–water partition coefficient (Wildman–Crippen LogP) is 5.01. The van der Waals surface area contributed by atoms with Crippen molar-refractivity contribution in [3.05, 3.63) is 95.1 Å². The summed E-state index contributed by atoms with van der Waals surface area (Å²) in [6.45, 7) is 0. The fraction of sp³-hybridized carbons (Fsp3) is 0.333. The maximum Gasteiger partial charge on any atom is 0.168 e. The lowest BCUT2D eigenvalue weighted by molar-refractivity contribution is 0.0720. The standard InChI is InChI=1S/2C15H12O2/c2*16-14-10-3-1-2-4-11(10)15(17)13-9-6-5-8(7-9)12(13)14/h2*1-6,8-9,12-13H,7H2/t2*8-,9+,12-,13+. The van der Waals surface area contributed by atoms with Crippen LogP contribution in [0.3, 0.4) is 0 Å². The van der Waals surface area contributed by atoms with Gasteiger partial charge in [-0.25, -0.2) is 0 Å². The Kier molecular flexibility index (Phi) is 4.15. The van der Waals surface area contributed by atoms with Gasteiger partial charge in [-0.15, -0.1) is 0 Å². The van der Waals surface area contributed by atoms with E-state index in [9.17, 15) is 19.2 Å². The fourth-order valence-corrected chi connectivity index (χ4v) is 7.62. The molecule has 168 valence electrons. The first-order chi connectivity index (χ1) is 16.5. The zero-order chi connectivity index (χ0) is 23.1. The van der Waals surface area contributed by atoms with E-state index < -0.39 is 0 Å². The predicted molar refractivity (Wildman–Crippen MR) is 126 cm³/mol. The number of carbonyl (C=O) groups is 4. The molecule has 0 heterocycles. The number of allylic oxidation sites excluding steroid dienone is 4. The molecule has 4 heteroatoms. The van der Waals surface area contributed by atoms with Crippen LogP contribution in [0, 0.1) is 47.3 Å². The summed E-state index contributed by atoms with van der Waals surface area (Å²) in [5.74, 6) is 1.63.